The van der Waals surface area contributed by atoms with Gasteiger partial charge in [-0.15, -0.1) is 0 Å². The standard InChI is InChI=1S/C15H17F2N3/c1-3-18-14(15-9-19-10(2)8-20-15)6-11-4-5-12(16)7-13(11)17/h4-5,7-9,14,18H,3,6H2,1-2H3. The number of rotatable bonds is 5. The third kappa shape index (κ3) is 3.57. The summed E-state index contributed by atoms with van der Waals surface area (Å²) in [4.78, 5) is 8.52. The number of hydrogen-bond donors (Lipinski definition) is 1. The summed E-state index contributed by atoms with van der Waals surface area (Å²) in [6.07, 6.45) is 3.77. The van der Waals surface area contributed by atoms with E-state index in [-0.39, 0.29) is 6.04 Å². The number of benzene rings is 1. The number of nitrogens with one attached hydrogen (secondary N) is 1. The highest BCUT2D eigenvalue weighted by atomic mass is 19.1. The van der Waals surface area contributed by atoms with Gasteiger partial charge in [0.25, 0.3) is 0 Å². The maximum Gasteiger partial charge on any atom is 0.129 e. The fourth-order valence-corrected chi connectivity index (χ4v) is 2.02. The maximum atomic E-state index is 13.7. The second-order valence-electron chi connectivity index (χ2n) is 4.63. The average molecular weight is 277 g/mol. The van der Waals surface area contributed by atoms with Crippen molar-refractivity contribution in [2.75, 3.05) is 6.54 Å². The molecule has 1 heterocycles. The quantitative estimate of drug-likeness (QED) is 0.913. The van der Waals surface area contributed by atoms with E-state index < -0.39 is 11.6 Å². The van der Waals surface area contributed by atoms with E-state index in [9.17, 15) is 8.78 Å². The summed E-state index contributed by atoms with van der Waals surface area (Å²) in [6.45, 7) is 4.55. The van der Waals surface area contributed by atoms with Gasteiger partial charge in [-0.25, -0.2) is 8.78 Å². The lowest BCUT2D eigenvalue weighted by molar-refractivity contribution is 0.510. The van der Waals surface area contributed by atoms with Crippen LogP contribution < -0.4 is 5.32 Å². The van der Waals surface area contributed by atoms with Crippen LogP contribution in [0.3, 0.4) is 0 Å². The van der Waals surface area contributed by atoms with Crippen molar-refractivity contribution >= 4 is 0 Å². The molecule has 3 nitrogen and oxygen atoms in total. The molecule has 0 aliphatic rings. The lowest BCUT2D eigenvalue weighted by atomic mass is 10.0. The van der Waals surface area contributed by atoms with Gasteiger partial charge in [-0.05, 0) is 31.5 Å². The Morgan fingerprint density at radius 2 is 2.00 bits per heavy atom. The van der Waals surface area contributed by atoms with E-state index in [1.54, 1.807) is 12.4 Å². The molecule has 1 atom stereocenters. The zero-order chi connectivity index (χ0) is 14.5. The van der Waals surface area contributed by atoms with Crippen LogP contribution in [0.5, 0.6) is 0 Å². The Balaban J connectivity index is 2.22. The van der Waals surface area contributed by atoms with Crippen LogP contribution in [0.25, 0.3) is 0 Å². The summed E-state index contributed by atoms with van der Waals surface area (Å²) < 4.78 is 26.6. The fraction of sp³-hybridized carbons (Fsp3) is 0.333. The first-order valence-corrected chi connectivity index (χ1v) is 6.56. The summed E-state index contributed by atoms with van der Waals surface area (Å²) in [5.74, 6) is -1.10. The van der Waals surface area contributed by atoms with E-state index in [0.29, 0.717) is 12.0 Å². The first-order valence-electron chi connectivity index (χ1n) is 6.56. The molecule has 0 saturated carbocycles. The van der Waals surface area contributed by atoms with Gasteiger partial charge in [0.2, 0.25) is 0 Å². The highest BCUT2D eigenvalue weighted by Gasteiger charge is 2.15. The first-order chi connectivity index (χ1) is 9.60. The molecule has 0 bridgehead atoms. The van der Waals surface area contributed by atoms with Crippen molar-refractivity contribution in [2.24, 2.45) is 0 Å². The summed E-state index contributed by atoms with van der Waals surface area (Å²) in [5.41, 5.74) is 2.04. The van der Waals surface area contributed by atoms with E-state index >= 15 is 0 Å². The van der Waals surface area contributed by atoms with Crippen LogP contribution in [0, 0.1) is 18.6 Å². The Morgan fingerprint density at radius 1 is 1.20 bits per heavy atom. The summed E-state index contributed by atoms with van der Waals surface area (Å²) >= 11 is 0. The van der Waals surface area contributed by atoms with Crippen LogP contribution in [-0.4, -0.2) is 16.5 Å². The van der Waals surface area contributed by atoms with Crippen LogP contribution in [-0.2, 0) is 6.42 Å². The van der Waals surface area contributed by atoms with Gasteiger partial charge in [0.15, 0.2) is 0 Å². The van der Waals surface area contributed by atoms with Crippen molar-refractivity contribution in [1.29, 1.82) is 0 Å². The van der Waals surface area contributed by atoms with Crippen molar-refractivity contribution < 1.29 is 8.78 Å². The van der Waals surface area contributed by atoms with Gasteiger partial charge >= 0.3 is 0 Å². The lowest BCUT2D eigenvalue weighted by Gasteiger charge is -2.17. The topological polar surface area (TPSA) is 37.8 Å². The van der Waals surface area contributed by atoms with Crippen molar-refractivity contribution in [2.45, 2.75) is 26.3 Å². The molecular weight excluding hydrogens is 260 g/mol. The summed E-state index contributed by atoms with van der Waals surface area (Å²) in [5, 5.41) is 3.25. The molecule has 106 valence electrons. The predicted octanol–water partition coefficient (Wildman–Crippen LogP) is 2.96. The average Bonchev–Trinajstić information content (AvgIpc) is 2.42. The summed E-state index contributed by atoms with van der Waals surface area (Å²) in [7, 11) is 0. The van der Waals surface area contributed by atoms with Gasteiger partial charge in [-0.2, -0.15) is 0 Å². The highest BCUT2D eigenvalue weighted by molar-refractivity contribution is 5.21. The molecule has 0 spiro atoms. The Kier molecular flexibility index (Phi) is 4.74. The van der Waals surface area contributed by atoms with Gasteiger partial charge in [-0.3, -0.25) is 9.97 Å². The predicted molar refractivity (Wildman–Crippen MR) is 73.2 cm³/mol. The Bertz CT molecular complexity index is 570. The number of halogens is 2. The Labute approximate surface area is 117 Å². The van der Waals surface area contributed by atoms with E-state index in [0.717, 1.165) is 24.0 Å². The second kappa shape index (κ2) is 6.52. The molecule has 2 aromatic rings. The van der Waals surface area contributed by atoms with Crippen molar-refractivity contribution in [1.82, 2.24) is 15.3 Å². The number of aromatic nitrogens is 2. The van der Waals surface area contributed by atoms with E-state index in [4.69, 9.17) is 0 Å². The van der Waals surface area contributed by atoms with Crippen LogP contribution in [0.15, 0.2) is 30.6 Å². The molecule has 1 aromatic heterocycles. The molecule has 1 unspecified atom stereocenters. The minimum absolute atomic E-state index is 0.145. The molecule has 0 saturated heterocycles. The smallest absolute Gasteiger partial charge is 0.129 e. The highest BCUT2D eigenvalue weighted by Crippen LogP contribution is 2.19. The molecule has 5 heteroatoms. The van der Waals surface area contributed by atoms with Gasteiger partial charge in [0.05, 0.1) is 23.6 Å². The second-order valence-corrected chi connectivity index (χ2v) is 4.63. The number of aryl methyl sites for hydroxylation is 1. The summed E-state index contributed by atoms with van der Waals surface area (Å²) in [6, 6.07) is 3.49. The van der Waals surface area contributed by atoms with Crippen molar-refractivity contribution in [3.8, 4) is 0 Å². The van der Waals surface area contributed by atoms with Gasteiger partial charge < -0.3 is 5.32 Å². The van der Waals surface area contributed by atoms with Crippen LogP contribution in [0.1, 0.15) is 29.9 Å². The normalized spacial score (nSPS) is 12.4. The van der Waals surface area contributed by atoms with Crippen LogP contribution in [0.2, 0.25) is 0 Å². The fourth-order valence-electron chi connectivity index (χ4n) is 2.02. The molecular formula is C15H17F2N3. The Morgan fingerprint density at radius 3 is 2.60 bits per heavy atom. The molecule has 0 aliphatic carbocycles. The zero-order valence-corrected chi connectivity index (χ0v) is 11.5. The number of hydrogen-bond acceptors (Lipinski definition) is 3. The van der Waals surface area contributed by atoms with Gasteiger partial charge in [0, 0.05) is 12.3 Å². The van der Waals surface area contributed by atoms with E-state index in [2.05, 4.69) is 15.3 Å². The monoisotopic (exact) mass is 277 g/mol. The SMILES string of the molecule is CCNC(Cc1ccc(F)cc1F)c1cnc(C)cn1. The third-order valence-corrected chi connectivity index (χ3v) is 3.05. The largest absolute Gasteiger partial charge is 0.309 e. The van der Waals surface area contributed by atoms with Crippen molar-refractivity contribution in [3.63, 3.8) is 0 Å². The molecule has 0 radical (unpaired) electrons. The molecule has 0 amide bonds. The molecule has 0 fully saturated rings. The number of nitrogens with zero attached hydrogens (tertiary/aromatic N) is 2. The maximum absolute atomic E-state index is 13.7. The lowest BCUT2D eigenvalue weighted by Crippen LogP contribution is -2.24. The number of likely N-dealkylation sites (N-methyl/N-ethyl adjacent to an activating group) is 1. The molecule has 2 rings (SSSR count). The van der Waals surface area contributed by atoms with Gasteiger partial charge in [0.1, 0.15) is 11.6 Å². The Hall–Kier alpha value is -1.88. The molecule has 0 aliphatic heterocycles. The minimum Gasteiger partial charge on any atom is -0.309 e. The van der Waals surface area contributed by atoms with Crippen LogP contribution >= 0.6 is 0 Å². The first kappa shape index (κ1) is 14.5. The molecule has 1 aromatic carbocycles. The van der Waals surface area contributed by atoms with Crippen molar-refractivity contribution in [3.05, 3.63) is 59.2 Å². The molecule has 1 N–H and O–H groups in total. The van der Waals surface area contributed by atoms with E-state index in [1.807, 2.05) is 13.8 Å². The third-order valence-electron chi connectivity index (χ3n) is 3.05. The van der Waals surface area contributed by atoms with Crippen LogP contribution in [0.4, 0.5) is 8.78 Å². The van der Waals surface area contributed by atoms with Gasteiger partial charge in [-0.1, -0.05) is 13.0 Å². The van der Waals surface area contributed by atoms with E-state index in [1.165, 1.54) is 12.1 Å². The zero-order valence-electron chi connectivity index (χ0n) is 11.5. The minimum atomic E-state index is -0.568. The molecule has 20 heavy (non-hydrogen) atoms.